The molecule has 0 aromatic heterocycles. The molecule has 0 atom stereocenters. The molecule has 0 aliphatic carbocycles. The lowest BCUT2D eigenvalue weighted by atomic mass is 10.8. The van der Waals surface area contributed by atoms with Crippen LogP contribution in [-0.4, -0.2) is 34.0 Å². The summed E-state index contributed by atoms with van der Waals surface area (Å²) in [6, 6.07) is 0. The van der Waals surface area contributed by atoms with Gasteiger partial charge in [0, 0.05) is 7.05 Å². The molecule has 10 heavy (non-hydrogen) atoms. The minimum absolute atomic E-state index is 0.358. The highest BCUT2D eigenvalue weighted by Crippen LogP contribution is 2.34. The van der Waals surface area contributed by atoms with Crippen molar-refractivity contribution in [2.45, 2.75) is 0 Å². The Hall–Kier alpha value is -0.580. The van der Waals surface area contributed by atoms with Crippen LogP contribution in [0.2, 0.25) is 0 Å². The van der Waals surface area contributed by atoms with Gasteiger partial charge < -0.3 is 20.4 Å². The van der Waals surface area contributed by atoms with E-state index in [0.29, 0.717) is 0 Å². The number of hydrogen-bond acceptors (Lipinski definition) is 2. The predicted octanol–water partition coefficient (Wildman–Crippen LogP) is -1.05. The highest BCUT2D eigenvalue weighted by molar-refractivity contribution is 7.51. The van der Waals surface area contributed by atoms with E-state index in [0.717, 1.165) is 4.90 Å². The molecule has 0 radical (unpaired) electrons. The van der Waals surface area contributed by atoms with E-state index in [1.165, 1.54) is 7.05 Å². The summed E-state index contributed by atoms with van der Waals surface area (Å²) in [5, 5.41) is 6.74. The molecule has 7 heteroatoms. The van der Waals surface area contributed by atoms with Crippen LogP contribution in [0.5, 0.6) is 0 Å². The first-order chi connectivity index (χ1) is 4.33. The Balaban J connectivity index is 3.93. The van der Waals surface area contributed by atoms with Gasteiger partial charge in [0.1, 0.15) is 6.29 Å². The summed E-state index contributed by atoms with van der Waals surface area (Å²) in [5.41, 5.74) is 4.91. The Bertz CT molecular complexity index is 176. The zero-order valence-corrected chi connectivity index (χ0v) is 6.38. The van der Waals surface area contributed by atoms with E-state index in [9.17, 15) is 4.57 Å². The highest BCUT2D eigenvalue weighted by atomic mass is 31.2. The average Bonchev–Trinajstić information content (AvgIpc) is 1.60. The Morgan fingerprint density at radius 2 is 2.20 bits per heavy atom. The Labute approximate surface area is 58.3 Å². The van der Waals surface area contributed by atoms with Crippen molar-refractivity contribution < 1.29 is 14.4 Å². The lowest BCUT2D eigenvalue weighted by Gasteiger charge is -2.16. The minimum Gasteiger partial charge on any atom is -0.370 e. The molecule has 0 unspecified atom stereocenters. The molecule has 6 nitrogen and oxygen atoms in total. The number of guanidine groups is 1. The number of hydrogen-bond donors (Lipinski definition) is 4. The van der Waals surface area contributed by atoms with Crippen LogP contribution in [0.15, 0.2) is 0 Å². The normalized spacial score (nSPS) is 11.1. The molecule has 0 rings (SSSR count). The quantitative estimate of drug-likeness (QED) is 0.238. The molecule has 0 aromatic rings. The fraction of sp³-hybridized carbons (Fsp3) is 0.667. The van der Waals surface area contributed by atoms with E-state index in [2.05, 4.69) is 0 Å². The van der Waals surface area contributed by atoms with Crippen LogP contribution in [0.3, 0.4) is 0 Å². The van der Waals surface area contributed by atoms with Crippen molar-refractivity contribution in [3.05, 3.63) is 0 Å². The fourth-order valence-electron chi connectivity index (χ4n) is 0.353. The highest BCUT2D eigenvalue weighted by Gasteiger charge is 2.16. The lowest BCUT2D eigenvalue weighted by molar-refractivity contribution is 0.352. The van der Waals surface area contributed by atoms with E-state index < -0.39 is 13.9 Å². The van der Waals surface area contributed by atoms with Crippen molar-refractivity contribution >= 4 is 13.6 Å². The van der Waals surface area contributed by atoms with Gasteiger partial charge in [-0.2, -0.15) is 0 Å². The third-order valence-corrected chi connectivity index (χ3v) is 1.60. The summed E-state index contributed by atoms with van der Waals surface area (Å²) >= 11 is 0. The van der Waals surface area contributed by atoms with Gasteiger partial charge in [0.05, 0.1) is 0 Å². The molecule has 0 bridgehead atoms. The summed E-state index contributed by atoms with van der Waals surface area (Å²) in [6.07, 6.45) is -0.512. The van der Waals surface area contributed by atoms with E-state index in [1.54, 1.807) is 0 Å². The Morgan fingerprint density at radius 3 is 2.30 bits per heavy atom. The van der Waals surface area contributed by atoms with Gasteiger partial charge in [0.25, 0.3) is 0 Å². The molecule has 5 N–H and O–H groups in total. The maximum absolute atomic E-state index is 10.2. The molecular weight excluding hydrogens is 157 g/mol. The molecule has 0 aliphatic rings. The van der Waals surface area contributed by atoms with E-state index in [-0.39, 0.29) is 5.96 Å². The number of nitrogens with zero attached hydrogens (tertiary/aromatic N) is 1. The molecule has 0 saturated carbocycles. The summed E-state index contributed by atoms with van der Waals surface area (Å²) in [6.45, 7) is 0. The van der Waals surface area contributed by atoms with Gasteiger partial charge >= 0.3 is 7.60 Å². The summed E-state index contributed by atoms with van der Waals surface area (Å²) in [7, 11) is -2.74. The second-order valence-corrected chi connectivity index (χ2v) is 3.50. The van der Waals surface area contributed by atoms with Gasteiger partial charge in [-0.3, -0.25) is 9.97 Å². The van der Waals surface area contributed by atoms with E-state index in [4.69, 9.17) is 20.9 Å². The molecule has 0 spiro atoms. The van der Waals surface area contributed by atoms with Crippen molar-refractivity contribution in [2.24, 2.45) is 5.73 Å². The third kappa shape index (κ3) is 4.31. The van der Waals surface area contributed by atoms with Gasteiger partial charge in [0.15, 0.2) is 5.96 Å². The predicted molar refractivity (Wildman–Crippen MR) is 36.6 cm³/mol. The second kappa shape index (κ2) is 3.01. The Kier molecular flexibility index (Phi) is 2.83. The zero-order valence-electron chi connectivity index (χ0n) is 5.48. The van der Waals surface area contributed by atoms with Crippen molar-refractivity contribution in [1.82, 2.24) is 4.90 Å². The smallest absolute Gasteiger partial charge is 0.344 e. The van der Waals surface area contributed by atoms with Crippen LogP contribution < -0.4 is 5.73 Å². The van der Waals surface area contributed by atoms with E-state index in [1.807, 2.05) is 0 Å². The van der Waals surface area contributed by atoms with Crippen LogP contribution >= 0.6 is 7.60 Å². The number of nitrogens with two attached hydrogens (primary N) is 1. The van der Waals surface area contributed by atoms with Gasteiger partial charge in [-0.05, 0) is 0 Å². The molecule has 0 aliphatic heterocycles. The molecule has 60 valence electrons. The maximum atomic E-state index is 10.2. The third-order valence-electron chi connectivity index (χ3n) is 0.808. The zero-order chi connectivity index (χ0) is 8.36. The second-order valence-electron chi connectivity index (χ2n) is 1.89. The topological polar surface area (TPSA) is 111 Å². The summed E-state index contributed by atoms with van der Waals surface area (Å²) in [5.74, 6) is -0.358. The minimum atomic E-state index is -4.07. The van der Waals surface area contributed by atoms with Crippen LogP contribution in [0, 0.1) is 5.41 Å². The van der Waals surface area contributed by atoms with Crippen molar-refractivity contribution in [2.75, 3.05) is 13.3 Å². The Morgan fingerprint density at radius 1 is 1.80 bits per heavy atom. The first-order valence-corrected chi connectivity index (χ1v) is 4.22. The standard InChI is InChI=1S/C3H10N3O3P/c1-6(3(4)5)2-10(7,8)9/h2H2,1H3,(H3,4,5)(H2,7,8,9). The first-order valence-electron chi connectivity index (χ1n) is 2.42. The molecule has 0 saturated heterocycles. The molecule has 0 fully saturated rings. The number of nitrogens with one attached hydrogen (secondary N) is 1. The van der Waals surface area contributed by atoms with E-state index >= 15 is 0 Å². The van der Waals surface area contributed by atoms with Gasteiger partial charge in [-0.25, -0.2) is 0 Å². The molecule has 0 amide bonds. The molecule has 0 heterocycles. The van der Waals surface area contributed by atoms with Crippen LogP contribution in [-0.2, 0) is 4.57 Å². The maximum Gasteiger partial charge on any atom is 0.344 e. The van der Waals surface area contributed by atoms with Crippen molar-refractivity contribution in [3.8, 4) is 0 Å². The van der Waals surface area contributed by atoms with Crippen LogP contribution in [0.25, 0.3) is 0 Å². The van der Waals surface area contributed by atoms with Gasteiger partial charge in [-0.1, -0.05) is 0 Å². The van der Waals surface area contributed by atoms with Crippen molar-refractivity contribution in [3.63, 3.8) is 0 Å². The molecular formula is C3H10N3O3P. The monoisotopic (exact) mass is 167 g/mol. The van der Waals surface area contributed by atoms with Gasteiger partial charge in [0.2, 0.25) is 0 Å². The summed E-state index contributed by atoms with van der Waals surface area (Å²) in [4.78, 5) is 17.7. The SMILES string of the molecule is CN(CP(=O)(O)O)C(=N)N. The number of rotatable bonds is 2. The van der Waals surface area contributed by atoms with Gasteiger partial charge in [-0.15, -0.1) is 0 Å². The summed E-state index contributed by atoms with van der Waals surface area (Å²) < 4.78 is 10.2. The first kappa shape index (κ1) is 9.42. The lowest BCUT2D eigenvalue weighted by Crippen LogP contribution is -2.33. The van der Waals surface area contributed by atoms with Crippen LogP contribution in [0.1, 0.15) is 0 Å². The fourth-order valence-corrected chi connectivity index (χ4v) is 1.06. The van der Waals surface area contributed by atoms with Crippen LogP contribution in [0.4, 0.5) is 0 Å². The van der Waals surface area contributed by atoms with Crippen molar-refractivity contribution in [1.29, 1.82) is 5.41 Å². The largest absolute Gasteiger partial charge is 0.370 e. The molecule has 0 aromatic carbocycles. The average molecular weight is 167 g/mol.